The van der Waals surface area contributed by atoms with Crippen molar-refractivity contribution in [2.45, 2.75) is 13.8 Å². The van der Waals surface area contributed by atoms with Gasteiger partial charge in [-0.3, -0.25) is 4.79 Å². The van der Waals surface area contributed by atoms with Gasteiger partial charge in [-0.25, -0.2) is 4.98 Å². The lowest BCUT2D eigenvalue weighted by Gasteiger charge is -2.13. The molecule has 122 valence electrons. The predicted molar refractivity (Wildman–Crippen MR) is 87.5 cm³/mol. The average molecular weight is 316 g/mol. The molecule has 0 aliphatic heterocycles. The van der Waals surface area contributed by atoms with Crippen molar-refractivity contribution in [3.05, 3.63) is 42.1 Å². The molecule has 0 unspecified atom stereocenters. The highest BCUT2D eigenvalue weighted by Gasteiger charge is 2.12. The summed E-state index contributed by atoms with van der Waals surface area (Å²) in [6.07, 6.45) is 1.46. The average Bonchev–Trinajstić information content (AvgIpc) is 2.57. The van der Waals surface area contributed by atoms with E-state index in [0.717, 1.165) is 0 Å². The molecule has 1 aromatic heterocycles. The Hall–Kier alpha value is -2.76. The van der Waals surface area contributed by atoms with E-state index in [1.54, 1.807) is 30.3 Å². The Labute approximate surface area is 135 Å². The molecule has 2 rings (SSSR count). The van der Waals surface area contributed by atoms with Crippen molar-refractivity contribution in [3.63, 3.8) is 0 Å². The van der Waals surface area contributed by atoms with Crippen LogP contribution in [0.25, 0.3) is 0 Å². The number of benzene rings is 1. The molecule has 1 heterocycles. The summed E-state index contributed by atoms with van der Waals surface area (Å²) >= 11 is 0. The van der Waals surface area contributed by atoms with E-state index in [2.05, 4.69) is 10.3 Å². The zero-order valence-electron chi connectivity index (χ0n) is 13.5. The van der Waals surface area contributed by atoms with Gasteiger partial charge in [0.25, 0.3) is 5.91 Å². The molecule has 1 aromatic carbocycles. The molecule has 0 aliphatic rings. The maximum atomic E-state index is 12.4. The molecule has 23 heavy (non-hydrogen) atoms. The van der Waals surface area contributed by atoms with Gasteiger partial charge in [-0.1, -0.05) is 0 Å². The molecular formula is C17H20N2O4. The maximum absolute atomic E-state index is 12.4. The summed E-state index contributed by atoms with van der Waals surface area (Å²) in [5.74, 6) is 1.43. The lowest BCUT2D eigenvalue weighted by Crippen LogP contribution is -2.13. The summed E-state index contributed by atoms with van der Waals surface area (Å²) in [5.41, 5.74) is 0.980. The number of carbonyl (C=O) groups excluding carboxylic acids is 1. The summed E-state index contributed by atoms with van der Waals surface area (Å²) in [6, 6.07) is 8.60. The number of anilines is 1. The van der Waals surface area contributed by atoms with Crippen molar-refractivity contribution in [2.75, 3.05) is 25.6 Å². The largest absolute Gasteiger partial charge is 0.494 e. The highest BCUT2D eigenvalue weighted by atomic mass is 16.5. The Morgan fingerprint density at radius 1 is 1.13 bits per heavy atom. The highest BCUT2D eigenvalue weighted by molar-refractivity contribution is 6.05. The Morgan fingerprint density at radius 3 is 2.52 bits per heavy atom. The minimum Gasteiger partial charge on any atom is -0.494 e. The van der Waals surface area contributed by atoms with Crippen LogP contribution in [0.1, 0.15) is 24.2 Å². The number of amides is 1. The number of hydrogen-bond donors (Lipinski definition) is 1. The van der Waals surface area contributed by atoms with Crippen molar-refractivity contribution in [2.24, 2.45) is 0 Å². The lowest BCUT2D eigenvalue weighted by atomic mass is 10.2. The maximum Gasteiger partial charge on any atom is 0.257 e. The quantitative estimate of drug-likeness (QED) is 0.850. The number of aromatic nitrogens is 1. The first kappa shape index (κ1) is 16.6. The third-order valence-corrected chi connectivity index (χ3v) is 3.02. The minimum atomic E-state index is -0.283. The fourth-order valence-electron chi connectivity index (χ4n) is 1.97. The molecule has 2 aromatic rings. The fraction of sp³-hybridized carbons (Fsp3) is 0.294. The smallest absolute Gasteiger partial charge is 0.257 e. The van der Waals surface area contributed by atoms with Crippen LogP contribution in [-0.4, -0.2) is 31.2 Å². The third-order valence-electron chi connectivity index (χ3n) is 3.02. The molecule has 6 nitrogen and oxygen atoms in total. The van der Waals surface area contributed by atoms with Gasteiger partial charge in [0.1, 0.15) is 11.5 Å². The summed E-state index contributed by atoms with van der Waals surface area (Å²) < 4.78 is 16.0. The fourth-order valence-corrected chi connectivity index (χ4v) is 1.97. The van der Waals surface area contributed by atoms with Crippen LogP contribution in [0.5, 0.6) is 17.4 Å². The summed E-state index contributed by atoms with van der Waals surface area (Å²) in [5, 5.41) is 2.82. The lowest BCUT2D eigenvalue weighted by molar-refractivity contribution is 0.102. The Kier molecular flexibility index (Phi) is 5.80. The van der Waals surface area contributed by atoms with Crippen molar-refractivity contribution >= 4 is 11.6 Å². The Morgan fingerprint density at radius 2 is 1.91 bits per heavy atom. The van der Waals surface area contributed by atoms with E-state index in [9.17, 15) is 4.79 Å². The third kappa shape index (κ3) is 4.35. The summed E-state index contributed by atoms with van der Waals surface area (Å²) in [4.78, 5) is 16.4. The second-order valence-electron chi connectivity index (χ2n) is 4.57. The zero-order chi connectivity index (χ0) is 16.7. The zero-order valence-corrected chi connectivity index (χ0v) is 13.5. The first-order chi connectivity index (χ1) is 11.2. The highest BCUT2D eigenvalue weighted by Crippen LogP contribution is 2.30. The molecule has 0 atom stereocenters. The second-order valence-corrected chi connectivity index (χ2v) is 4.57. The van der Waals surface area contributed by atoms with E-state index in [1.807, 2.05) is 13.8 Å². The van der Waals surface area contributed by atoms with Crippen LogP contribution >= 0.6 is 0 Å². The van der Waals surface area contributed by atoms with Crippen molar-refractivity contribution < 1.29 is 19.0 Å². The van der Waals surface area contributed by atoms with Crippen LogP contribution in [0.2, 0.25) is 0 Å². The molecule has 1 amide bonds. The molecule has 0 radical (unpaired) electrons. The van der Waals surface area contributed by atoms with Crippen LogP contribution in [0, 0.1) is 0 Å². The first-order valence-corrected chi connectivity index (χ1v) is 7.39. The number of carbonyl (C=O) groups is 1. The van der Waals surface area contributed by atoms with Crippen molar-refractivity contribution in [3.8, 4) is 17.4 Å². The Bertz CT molecular complexity index is 656. The normalized spacial score (nSPS) is 10.0. The van der Waals surface area contributed by atoms with Gasteiger partial charge in [0.2, 0.25) is 5.88 Å². The standard InChI is InChI=1S/C17H20N2O4/c1-4-22-13-7-8-15(23-5-2)14(10-13)19-17(20)12-6-9-16(21-3)18-11-12/h6-11H,4-5H2,1-3H3,(H,19,20). The van der Waals surface area contributed by atoms with Gasteiger partial charge < -0.3 is 19.5 Å². The molecule has 0 saturated heterocycles. The molecular weight excluding hydrogens is 296 g/mol. The molecule has 0 bridgehead atoms. The van der Waals surface area contributed by atoms with E-state index in [1.165, 1.54) is 13.3 Å². The minimum absolute atomic E-state index is 0.283. The van der Waals surface area contributed by atoms with Crippen molar-refractivity contribution in [1.82, 2.24) is 4.98 Å². The van der Waals surface area contributed by atoms with Gasteiger partial charge in [0.05, 0.1) is 31.6 Å². The monoisotopic (exact) mass is 316 g/mol. The second kappa shape index (κ2) is 8.03. The predicted octanol–water partition coefficient (Wildman–Crippen LogP) is 3.14. The van der Waals surface area contributed by atoms with Gasteiger partial charge in [0.15, 0.2) is 0 Å². The molecule has 0 saturated carbocycles. The molecule has 0 spiro atoms. The van der Waals surface area contributed by atoms with Crippen LogP contribution in [0.3, 0.4) is 0 Å². The van der Waals surface area contributed by atoms with E-state index in [-0.39, 0.29) is 5.91 Å². The Balaban J connectivity index is 2.21. The number of nitrogens with one attached hydrogen (secondary N) is 1. The summed E-state index contributed by atoms with van der Waals surface area (Å²) in [7, 11) is 1.52. The van der Waals surface area contributed by atoms with Gasteiger partial charge in [-0.05, 0) is 32.0 Å². The van der Waals surface area contributed by atoms with E-state index >= 15 is 0 Å². The van der Waals surface area contributed by atoms with E-state index in [4.69, 9.17) is 14.2 Å². The van der Waals surface area contributed by atoms with Crippen LogP contribution < -0.4 is 19.5 Å². The van der Waals surface area contributed by atoms with Crippen LogP contribution in [0.15, 0.2) is 36.5 Å². The van der Waals surface area contributed by atoms with Gasteiger partial charge >= 0.3 is 0 Å². The van der Waals surface area contributed by atoms with Gasteiger partial charge in [-0.2, -0.15) is 0 Å². The number of hydrogen-bond acceptors (Lipinski definition) is 5. The van der Waals surface area contributed by atoms with Gasteiger partial charge in [0, 0.05) is 18.3 Å². The van der Waals surface area contributed by atoms with Crippen LogP contribution in [0.4, 0.5) is 5.69 Å². The first-order valence-electron chi connectivity index (χ1n) is 7.39. The van der Waals surface area contributed by atoms with E-state index < -0.39 is 0 Å². The van der Waals surface area contributed by atoms with Gasteiger partial charge in [-0.15, -0.1) is 0 Å². The summed E-state index contributed by atoms with van der Waals surface area (Å²) in [6.45, 7) is 4.83. The number of nitrogens with zero attached hydrogens (tertiary/aromatic N) is 1. The van der Waals surface area contributed by atoms with Crippen LogP contribution in [-0.2, 0) is 0 Å². The topological polar surface area (TPSA) is 69.7 Å². The number of methoxy groups -OCH3 is 1. The van der Waals surface area contributed by atoms with Crippen molar-refractivity contribution in [1.29, 1.82) is 0 Å². The molecule has 6 heteroatoms. The molecule has 0 aliphatic carbocycles. The molecule has 0 fully saturated rings. The number of rotatable bonds is 7. The number of ether oxygens (including phenoxy) is 3. The number of pyridine rings is 1. The molecule has 1 N–H and O–H groups in total. The SMILES string of the molecule is CCOc1ccc(OCC)c(NC(=O)c2ccc(OC)nc2)c1. The van der Waals surface area contributed by atoms with E-state index in [0.29, 0.717) is 41.8 Å².